The summed E-state index contributed by atoms with van der Waals surface area (Å²) in [4.78, 5) is 10.2. The molecular weight excluding hydrogens is 398 g/mol. The van der Waals surface area contributed by atoms with Gasteiger partial charge in [-0.15, -0.1) is 9.24 Å². The van der Waals surface area contributed by atoms with Gasteiger partial charge in [-0.3, -0.25) is 0 Å². The van der Waals surface area contributed by atoms with E-state index in [1.54, 1.807) is 12.1 Å². The van der Waals surface area contributed by atoms with Crippen molar-refractivity contribution in [2.45, 2.75) is 57.1 Å². The van der Waals surface area contributed by atoms with E-state index in [4.69, 9.17) is 14.0 Å². The van der Waals surface area contributed by atoms with Gasteiger partial charge in [0.15, 0.2) is 11.5 Å². The Hall–Kier alpha value is -0.840. The normalized spacial score (nSPS) is 19.2. The average Bonchev–Trinajstić information content (AvgIpc) is 2.63. The Morgan fingerprint density at radius 1 is 1.07 bits per heavy atom. The van der Waals surface area contributed by atoms with E-state index in [0.717, 1.165) is 18.4 Å². The Balaban J connectivity index is 1.91. The molecule has 7 nitrogen and oxygen atoms in total. The van der Waals surface area contributed by atoms with Crippen LogP contribution in [0.1, 0.15) is 50.5 Å². The first-order chi connectivity index (χ1) is 13.3. The van der Waals surface area contributed by atoms with E-state index in [1.807, 2.05) is 6.92 Å². The third-order valence-electron chi connectivity index (χ3n) is 4.98. The van der Waals surface area contributed by atoms with Crippen molar-refractivity contribution in [2.75, 3.05) is 27.3 Å². The van der Waals surface area contributed by atoms with E-state index >= 15 is 0 Å². The first-order valence-corrected chi connectivity index (χ1v) is 12.0. The highest BCUT2D eigenvalue weighted by atomic mass is 31.2. The lowest BCUT2D eigenvalue weighted by molar-refractivity contribution is 0.322. The Morgan fingerprint density at radius 3 is 2.14 bits per heavy atom. The second kappa shape index (κ2) is 10.8. The number of ether oxygens (including phenoxy) is 2. The van der Waals surface area contributed by atoms with E-state index in [2.05, 4.69) is 19.6 Å². The molecule has 2 atom stereocenters. The van der Waals surface area contributed by atoms with Crippen molar-refractivity contribution in [1.82, 2.24) is 10.4 Å². The molecule has 0 aromatic heterocycles. The summed E-state index contributed by atoms with van der Waals surface area (Å²) in [6, 6.07) is 3.46. The van der Waals surface area contributed by atoms with Gasteiger partial charge in [-0.25, -0.2) is 9.65 Å². The number of benzene rings is 1. The van der Waals surface area contributed by atoms with Gasteiger partial charge in [-0.05, 0) is 37.5 Å². The molecule has 1 aromatic carbocycles. The fourth-order valence-corrected chi connectivity index (χ4v) is 4.92. The summed E-state index contributed by atoms with van der Waals surface area (Å²) < 4.78 is 28.4. The average molecular weight is 432 g/mol. The summed E-state index contributed by atoms with van der Waals surface area (Å²) in [5, 5.41) is 6.14. The van der Waals surface area contributed by atoms with Crippen LogP contribution >= 0.6 is 17.0 Å². The highest BCUT2D eigenvalue weighted by molar-refractivity contribution is 7.51. The maximum Gasteiger partial charge on any atom is 0.456 e. The molecule has 160 valence electrons. The number of hydrogen-bond acceptors (Lipinski definition) is 5. The summed E-state index contributed by atoms with van der Waals surface area (Å²) >= 11 is 0. The number of nitrogens with one attached hydrogen (secondary N) is 2. The van der Waals surface area contributed by atoms with Crippen LogP contribution in [0.15, 0.2) is 12.1 Å². The van der Waals surface area contributed by atoms with Crippen molar-refractivity contribution in [1.29, 1.82) is 0 Å². The monoisotopic (exact) mass is 432 g/mol. The van der Waals surface area contributed by atoms with E-state index < -0.39 is 7.75 Å². The van der Waals surface area contributed by atoms with Gasteiger partial charge >= 0.3 is 7.75 Å². The van der Waals surface area contributed by atoms with Gasteiger partial charge in [0.1, 0.15) is 0 Å². The lowest BCUT2D eigenvalue weighted by Gasteiger charge is -2.33. The quantitative estimate of drug-likeness (QED) is 0.402. The number of hydrogen-bond donors (Lipinski definition) is 3. The summed E-state index contributed by atoms with van der Waals surface area (Å²) in [5.41, 5.74) is 0.899. The molecule has 28 heavy (non-hydrogen) atoms. The van der Waals surface area contributed by atoms with Crippen molar-refractivity contribution in [3.63, 3.8) is 0 Å². The predicted molar refractivity (Wildman–Crippen MR) is 116 cm³/mol. The van der Waals surface area contributed by atoms with Crippen LogP contribution in [0, 0.1) is 6.92 Å². The molecule has 1 saturated carbocycles. The van der Waals surface area contributed by atoms with Crippen molar-refractivity contribution in [3.05, 3.63) is 17.7 Å². The first kappa shape index (κ1) is 23.4. The molecule has 1 fully saturated rings. The molecule has 2 unspecified atom stereocenters. The first-order valence-electron chi connectivity index (χ1n) is 9.83. The van der Waals surface area contributed by atoms with Gasteiger partial charge in [0.2, 0.25) is 5.75 Å². The third-order valence-corrected chi connectivity index (χ3v) is 6.81. The molecule has 9 heteroatoms. The summed E-state index contributed by atoms with van der Waals surface area (Å²) in [6.07, 6.45) is 8.48. The van der Waals surface area contributed by atoms with Gasteiger partial charge in [0, 0.05) is 18.4 Å². The fraction of sp³-hybridized carbons (Fsp3) is 0.684. The zero-order valence-electron chi connectivity index (χ0n) is 17.1. The van der Waals surface area contributed by atoms with Crippen LogP contribution in [-0.4, -0.2) is 37.5 Å². The molecule has 1 aromatic rings. The van der Waals surface area contributed by atoms with Crippen LogP contribution in [0.4, 0.5) is 0 Å². The van der Waals surface area contributed by atoms with Gasteiger partial charge in [-0.1, -0.05) is 32.1 Å². The molecule has 0 heterocycles. The maximum atomic E-state index is 12.5. The van der Waals surface area contributed by atoms with Gasteiger partial charge < -0.3 is 24.2 Å². The van der Waals surface area contributed by atoms with Crippen LogP contribution in [0.3, 0.4) is 0 Å². The molecule has 0 aliphatic heterocycles. The predicted octanol–water partition coefficient (Wildman–Crippen LogP) is 3.99. The fourth-order valence-electron chi connectivity index (χ4n) is 3.48. The van der Waals surface area contributed by atoms with E-state index in [1.165, 1.54) is 46.3 Å². The Labute approximate surface area is 170 Å². The molecule has 0 spiro atoms. The number of methoxy groups -OCH3 is 2. The SMILES string of the molecule is COc1cc(C)cc(OC)c1OP(=O)(O)NCCNC1(P)CCCCCCC1. The molecule has 1 aliphatic carbocycles. The molecule has 1 aliphatic rings. The van der Waals surface area contributed by atoms with Crippen LogP contribution in [-0.2, 0) is 4.57 Å². The molecule has 2 rings (SSSR count). The van der Waals surface area contributed by atoms with Crippen LogP contribution in [0.5, 0.6) is 17.2 Å². The van der Waals surface area contributed by atoms with Crippen LogP contribution in [0.2, 0.25) is 0 Å². The molecule has 0 radical (unpaired) electrons. The second-order valence-corrected chi connectivity index (χ2v) is 10.0. The van der Waals surface area contributed by atoms with Gasteiger partial charge in [0.05, 0.1) is 14.2 Å². The Kier molecular flexibility index (Phi) is 9.04. The zero-order valence-corrected chi connectivity index (χ0v) is 19.2. The minimum absolute atomic E-state index is 0.00575. The maximum absolute atomic E-state index is 12.5. The molecule has 0 bridgehead atoms. The summed E-state index contributed by atoms with van der Waals surface area (Å²) in [5.74, 6) is 0.818. The largest absolute Gasteiger partial charge is 0.493 e. The van der Waals surface area contributed by atoms with Gasteiger partial charge in [-0.2, -0.15) is 0 Å². The smallest absolute Gasteiger partial charge is 0.456 e. The summed E-state index contributed by atoms with van der Waals surface area (Å²) in [7, 11) is 1.83. The van der Waals surface area contributed by atoms with Crippen LogP contribution < -0.4 is 24.4 Å². The van der Waals surface area contributed by atoms with E-state index in [0.29, 0.717) is 24.6 Å². The van der Waals surface area contributed by atoms with Crippen molar-refractivity contribution < 1.29 is 23.5 Å². The molecule has 3 N–H and O–H groups in total. The second-order valence-electron chi connectivity index (χ2n) is 7.37. The van der Waals surface area contributed by atoms with Crippen molar-refractivity contribution in [2.24, 2.45) is 0 Å². The lowest BCUT2D eigenvalue weighted by atomic mass is 9.96. The Bertz CT molecular complexity index is 653. The van der Waals surface area contributed by atoms with Crippen LogP contribution in [0.25, 0.3) is 0 Å². The minimum atomic E-state index is -4.07. The third kappa shape index (κ3) is 7.20. The summed E-state index contributed by atoms with van der Waals surface area (Å²) in [6.45, 7) is 2.76. The Morgan fingerprint density at radius 2 is 1.61 bits per heavy atom. The van der Waals surface area contributed by atoms with E-state index in [9.17, 15) is 9.46 Å². The molecular formula is C19H34N2O5P2. The zero-order chi connectivity index (χ0) is 20.6. The van der Waals surface area contributed by atoms with Crippen molar-refractivity contribution >= 4 is 17.0 Å². The number of rotatable bonds is 9. The van der Waals surface area contributed by atoms with Gasteiger partial charge in [0.25, 0.3) is 0 Å². The van der Waals surface area contributed by atoms with Crippen molar-refractivity contribution in [3.8, 4) is 17.2 Å². The lowest BCUT2D eigenvalue weighted by Crippen LogP contribution is -2.42. The topological polar surface area (TPSA) is 89.1 Å². The highest BCUT2D eigenvalue weighted by Crippen LogP contribution is 2.47. The molecule has 0 saturated heterocycles. The van der Waals surface area contributed by atoms with E-state index in [-0.39, 0.29) is 11.0 Å². The standard InChI is InChI=1S/C19H34N2O5P2/c1-15-13-16(24-2)18(17(14-15)25-3)26-28(22,23)21-12-11-20-19(27)9-7-5-4-6-8-10-19/h13-14,20H,4-12,27H2,1-3H3,(H2,21,22,23). The molecule has 0 amide bonds. The minimum Gasteiger partial charge on any atom is -0.493 e. The highest BCUT2D eigenvalue weighted by Gasteiger charge is 2.27. The number of aryl methyl sites for hydroxylation is 1.